The molecule has 0 radical (unpaired) electrons. The van der Waals surface area contributed by atoms with Gasteiger partial charge in [0.1, 0.15) is 0 Å². The molecule has 2 aromatic rings. The molecule has 0 aliphatic heterocycles. The fourth-order valence-electron chi connectivity index (χ4n) is 2.61. The maximum Gasteiger partial charge on any atom is 0.0649 e. The van der Waals surface area contributed by atoms with E-state index in [9.17, 15) is 0 Å². The van der Waals surface area contributed by atoms with Crippen molar-refractivity contribution in [1.29, 1.82) is 0 Å². The molecule has 3 heteroatoms. The molecule has 0 saturated heterocycles. The minimum absolute atomic E-state index is 0.466. The van der Waals surface area contributed by atoms with E-state index in [0.29, 0.717) is 12.5 Å². The van der Waals surface area contributed by atoms with Gasteiger partial charge in [0.25, 0.3) is 0 Å². The highest BCUT2D eigenvalue weighted by Gasteiger charge is 2.26. The molecule has 0 fully saturated rings. The first-order chi connectivity index (χ1) is 8.29. The van der Waals surface area contributed by atoms with Crippen LogP contribution in [0.2, 0.25) is 0 Å². The number of hydrogen-bond acceptors (Lipinski definition) is 2. The molecule has 1 aromatic carbocycles. The van der Waals surface area contributed by atoms with Crippen molar-refractivity contribution in [3.8, 4) is 5.69 Å². The van der Waals surface area contributed by atoms with Crippen molar-refractivity contribution in [2.24, 2.45) is 5.73 Å². The second-order valence-electron chi connectivity index (χ2n) is 4.77. The molecule has 0 amide bonds. The van der Waals surface area contributed by atoms with E-state index in [1.807, 2.05) is 6.20 Å². The number of benzene rings is 1. The standard InChI is InChI=1S/C14H17N3/c1-10-2-6-13(7-3-10)17-14-11(8-15)4-5-12(14)9-16-17/h2-3,6-7,9,11H,4-5,8,15H2,1H3. The normalized spacial score (nSPS) is 18.4. The number of fused-ring (bicyclic) bond motifs is 1. The van der Waals surface area contributed by atoms with Gasteiger partial charge in [0.05, 0.1) is 17.6 Å². The fraction of sp³-hybridized carbons (Fsp3) is 0.357. The number of hydrogen-bond donors (Lipinski definition) is 1. The van der Waals surface area contributed by atoms with Crippen LogP contribution in [0, 0.1) is 6.92 Å². The van der Waals surface area contributed by atoms with Gasteiger partial charge in [0.15, 0.2) is 0 Å². The summed E-state index contributed by atoms with van der Waals surface area (Å²) >= 11 is 0. The summed E-state index contributed by atoms with van der Waals surface area (Å²) < 4.78 is 2.05. The van der Waals surface area contributed by atoms with Crippen LogP contribution in [0.25, 0.3) is 5.69 Å². The summed E-state index contributed by atoms with van der Waals surface area (Å²) in [5, 5.41) is 4.50. The molecular weight excluding hydrogens is 210 g/mol. The van der Waals surface area contributed by atoms with Crippen LogP contribution >= 0.6 is 0 Å². The SMILES string of the molecule is Cc1ccc(-n2ncc3c2C(CN)CC3)cc1. The van der Waals surface area contributed by atoms with Crippen LogP contribution in [-0.4, -0.2) is 16.3 Å². The van der Waals surface area contributed by atoms with Gasteiger partial charge in [0.2, 0.25) is 0 Å². The van der Waals surface area contributed by atoms with Crippen molar-refractivity contribution in [3.63, 3.8) is 0 Å². The van der Waals surface area contributed by atoms with Crippen LogP contribution < -0.4 is 5.73 Å². The Morgan fingerprint density at radius 2 is 2.12 bits per heavy atom. The molecule has 0 saturated carbocycles. The molecule has 3 nitrogen and oxygen atoms in total. The van der Waals surface area contributed by atoms with Gasteiger partial charge < -0.3 is 5.73 Å². The largest absolute Gasteiger partial charge is 0.330 e. The third-order valence-corrected chi connectivity index (χ3v) is 3.60. The zero-order chi connectivity index (χ0) is 11.8. The summed E-state index contributed by atoms with van der Waals surface area (Å²) in [7, 11) is 0. The average Bonchev–Trinajstić information content (AvgIpc) is 2.91. The Labute approximate surface area is 101 Å². The van der Waals surface area contributed by atoms with E-state index in [4.69, 9.17) is 5.73 Å². The smallest absolute Gasteiger partial charge is 0.0649 e. The molecule has 1 aromatic heterocycles. The zero-order valence-electron chi connectivity index (χ0n) is 10.1. The van der Waals surface area contributed by atoms with Crippen molar-refractivity contribution >= 4 is 0 Å². The molecule has 3 rings (SSSR count). The van der Waals surface area contributed by atoms with Gasteiger partial charge >= 0.3 is 0 Å². The predicted molar refractivity (Wildman–Crippen MR) is 68.4 cm³/mol. The fourth-order valence-corrected chi connectivity index (χ4v) is 2.61. The first-order valence-corrected chi connectivity index (χ1v) is 6.13. The Bertz CT molecular complexity index is 525. The molecule has 0 bridgehead atoms. The highest BCUT2D eigenvalue weighted by atomic mass is 15.3. The van der Waals surface area contributed by atoms with E-state index >= 15 is 0 Å². The van der Waals surface area contributed by atoms with Crippen LogP contribution in [0.15, 0.2) is 30.5 Å². The summed E-state index contributed by atoms with van der Waals surface area (Å²) in [6, 6.07) is 8.48. The van der Waals surface area contributed by atoms with E-state index in [1.54, 1.807) is 0 Å². The zero-order valence-corrected chi connectivity index (χ0v) is 10.1. The molecule has 1 unspecified atom stereocenters. The van der Waals surface area contributed by atoms with Crippen LogP contribution in [0.1, 0.15) is 29.2 Å². The molecule has 1 atom stereocenters. The first kappa shape index (κ1) is 10.5. The Morgan fingerprint density at radius 1 is 1.35 bits per heavy atom. The predicted octanol–water partition coefficient (Wildman–Crippen LogP) is 2.17. The second kappa shape index (κ2) is 4.00. The quantitative estimate of drug-likeness (QED) is 0.854. The number of aryl methyl sites for hydroxylation is 2. The highest BCUT2D eigenvalue weighted by Crippen LogP contribution is 2.33. The minimum atomic E-state index is 0.466. The molecule has 1 aliphatic rings. The molecule has 2 N–H and O–H groups in total. The molecular formula is C14H17N3. The van der Waals surface area contributed by atoms with Crippen molar-refractivity contribution in [2.75, 3.05) is 6.54 Å². The number of nitrogens with two attached hydrogens (primary N) is 1. The molecule has 17 heavy (non-hydrogen) atoms. The first-order valence-electron chi connectivity index (χ1n) is 6.13. The van der Waals surface area contributed by atoms with Crippen molar-refractivity contribution in [2.45, 2.75) is 25.7 Å². The summed E-state index contributed by atoms with van der Waals surface area (Å²) in [5.74, 6) is 0.466. The molecule has 88 valence electrons. The third kappa shape index (κ3) is 1.67. The Balaban J connectivity index is 2.07. The molecule has 1 aliphatic carbocycles. The molecule has 0 spiro atoms. The van der Waals surface area contributed by atoms with Gasteiger partial charge in [-0.05, 0) is 37.5 Å². The number of aromatic nitrogens is 2. The monoisotopic (exact) mass is 227 g/mol. The summed E-state index contributed by atoms with van der Waals surface area (Å²) in [4.78, 5) is 0. The lowest BCUT2D eigenvalue weighted by Gasteiger charge is -2.12. The van der Waals surface area contributed by atoms with Crippen molar-refractivity contribution in [1.82, 2.24) is 9.78 Å². The third-order valence-electron chi connectivity index (χ3n) is 3.60. The van der Waals surface area contributed by atoms with Crippen molar-refractivity contribution < 1.29 is 0 Å². The Morgan fingerprint density at radius 3 is 2.82 bits per heavy atom. The summed E-state index contributed by atoms with van der Waals surface area (Å²) in [6.45, 7) is 2.81. The van der Waals surface area contributed by atoms with Gasteiger partial charge in [-0.2, -0.15) is 5.10 Å². The number of nitrogens with zero attached hydrogens (tertiary/aromatic N) is 2. The van der Waals surface area contributed by atoms with E-state index in [2.05, 4.69) is 41.0 Å². The van der Waals surface area contributed by atoms with Gasteiger partial charge in [-0.3, -0.25) is 0 Å². The van der Waals surface area contributed by atoms with Crippen molar-refractivity contribution in [3.05, 3.63) is 47.3 Å². The molecule has 1 heterocycles. The van der Waals surface area contributed by atoms with Gasteiger partial charge in [-0.15, -0.1) is 0 Å². The average molecular weight is 227 g/mol. The lowest BCUT2D eigenvalue weighted by atomic mass is 10.1. The van der Waals surface area contributed by atoms with Crippen LogP contribution in [0.5, 0.6) is 0 Å². The van der Waals surface area contributed by atoms with E-state index in [1.165, 1.54) is 16.8 Å². The maximum absolute atomic E-state index is 5.84. The van der Waals surface area contributed by atoms with Gasteiger partial charge in [-0.1, -0.05) is 17.7 Å². The van der Waals surface area contributed by atoms with Gasteiger partial charge in [0, 0.05) is 12.5 Å². The van der Waals surface area contributed by atoms with Crippen LogP contribution in [0.3, 0.4) is 0 Å². The second-order valence-corrected chi connectivity index (χ2v) is 4.77. The van der Waals surface area contributed by atoms with E-state index in [-0.39, 0.29) is 0 Å². The maximum atomic E-state index is 5.84. The van der Waals surface area contributed by atoms with E-state index < -0.39 is 0 Å². The van der Waals surface area contributed by atoms with Crippen LogP contribution in [-0.2, 0) is 6.42 Å². The van der Waals surface area contributed by atoms with Crippen LogP contribution in [0.4, 0.5) is 0 Å². The lowest BCUT2D eigenvalue weighted by Crippen LogP contribution is -2.14. The minimum Gasteiger partial charge on any atom is -0.330 e. The lowest BCUT2D eigenvalue weighted by molar-refractivity contribution is 0.637. The van der Waals surface area contributed by atoms with E-state index in [0.717, 1.165) is 18.5 Å². The topological polar surface area (TPSA) is 43.8 Å². The Kier molecular flexibility index (Phi) is 2.48. The van der Waals surface area contributed by atoms with Gasteiger partial charge in [-0.25, -0.2) is 4.68 Å². The Hall–Kier alpha value is -1.61. The summed E-state index contributed by atoms with van der Waals surface area (Å²) in [6.07, 6.45) is 4.27. The summed E-state index contributed by atoms with van der Waals surface area (Å²) in [5.41, 5.74) is 10.9. The highest BCUT2D eigenvalue weighted by molar-refractivity contribution is 5.40. The number of rotatable bonds is 2.